The van der Waals surface area contributed by atoms with Gasteiger partial charge >= 0.3 is 0 Å². The first-order valence-corrected chi connectivity index (χ1v) is 10.5. The number of halogens is 1. The van der Waals surface area contributed by atoms with Crippen LogP contribution in [0.2, 0.25) is 5.02 Å². The van der Waals surface area contributed by atoms with E-state index in [2.05, 4.69) is 15.3 Å². The Morgan fingerprint density at radius 2 is 2.17 bits per heavy atom. The molecule has 1 aromatic carbocycles. The van der Waals surface area contributed by atoms with Crippen LogP contribution in [0.1, 0.15) is 12.8 Å². The van der Waals surface area contributed by atoms with Crippen LogP contribution in [0.25, 0.3) is 10.9 Å². The molecule has 3 aromatic rings. The van der Waals surface area contributed by atoms with Crippen LogP contribution >= 0.6 is 22.9 Å². The van der Waals surface area contributed by atoms with Gasteiger partial charge in [-0.3, -0.25) is 14.6 Å². The summed E-state index contributed by atoms with van der Waals surface area (Å²) in [5.74, 6) is -0.00917. The number of pyridine rings is 1. The van der Waals surface area contributed by atoms with Gasteiger partial charge in [-0.15, -0.1) is 11.3 Å². The Balaban J connectivity index is 1.37. The molecule has 150 valence electrons. The average Bonchev–Trinajstić information content (AvgIpc) is 3.26. The third-order valence-corrected chi connectivity index (χ3v) is 5.86. The van der Waals surface area contributed by atoms with Gasteiger partial charge < -0.3 is 15.0 Å². The van der Waals surface area contributed by atoms with Crippen LogP contribution in [0, 0.1) is 5.92 Å². The average molecular weight is 431 g/mol. The molecule has 1 aliphatic rings. The van der Waals surface area contributed by atoms with E-state index >= 15 is 0 Å². The second-order valence-corrected chi connectivity index (χ2v) is 8.04. The first-order chi connectivity index (χ1) is 14.1. The van der Waals surface area contributed by atoms with Gasteiger partial charge in [-0.2, -0.15) is 0 Å². The molecule has 7 nitrogen and oxygen atoms in total. The number of benzene rings is 1. The quantitative estimate of drug-likeness (QED) is 0.668. The standard InChI is InChI=1S/C20H19ClN4O3S/c21-15-5-6-16(18-14(15)4-1-7-22-18)28-12-17(26)25-9-2-3-13(11-25)19(27)24-20-23-8-10-29-20/h1,4-8,10,13H,2-3,9,11-12H2,(H,23,24,27). The number of fused-ring (bicyclic) bond motifs is 1. The fourth-order valence-corrected chi connectivity index (χ4v) is 4.12. The van der Waals surface area contributed by atoms with Crippen LogP contribution < -0.4 is 10.1 Å². The van der Waals surface area contributed by atoms with Crippen molar-refractivity contribution in [3.63, 3.8) is 0 Å². The van der Waals surface area contributed by atoms with Crippen LogP contribution in [0.3, 0.4) is 0 Å². The predicted octanol–water partition coefficient (Wildman–Crippen LogP) is 3.60. The highest BCUT2D eigenvalue weighted by molar-refractivity contribution is 7.13. The molecule has 1 unspecified atom stereocenters. The maximum Gasteiger partial charge on any atom is 0.260 e. The maximum atomic E-state index is 12.7. The minimum absolute atomic E-state index is 0.105. The van der Waals surface area contributed by atoms with Crippen LogP contribution in [-0.4, -0.2) is 46.4 Å². The zero-order valence-electron chi connectivity index (χ0n) is 15.5. The number of amides is 2. The molecule has 1 N–H and O–H groups in total. The molecule has 9 heteroatoms. The molecule has 4 rings (SSSR count). The zero-order chi connectivity index (χ0) is 20.2. The number of likely N-dealkylation sites (tertiary alicyclic amines) is 1. The van der Waals surface area contributed by atoms with Crippen molar-refractivity contribution in [2.45, 2.75) is 12.8 Å². The van der Waals surface area contributed by atoms with Gasteiger partial charge in [0.25, 0.3) is 5.91 Å². The lowest BCUT2D eigenvalue weighted by Crippen LogP contribution is -2.45. The summed E-state index contributed by atoms with van der Waals surface area (Å²) in [5, 5.41) is 6.54. The van der Waals surface area contributed by atoms with E-state index in [1.807, 2.05) is 6.07 Å². The third kappa shape index (κ3) is 4.49. The van der Waals surface area contributed by atoms with Gasteiger partial charge in [-0.05, 0) is 37.1 Å². The van der Waals surface area contributed by atoms with Crippen molar-refractivity contribution >= 4 is 50.8 Å². The van der Waals surface area contributed by atoms with E-state index in [9.17, 15) is 9.59 Å². The lowest BCUT2D eigenvalue weighted by Gasteiger charge is -2.31. The molecule has 0 radical (unpaired) electrons. The summed E-state index contributed by atoms with van der Waals surface area (Å²) in [5.41, 5.74) is 0.618. The molecule has 2 aromatic heterocycles. The Labute approximate surface area is 176 Å². The van der Waals surface area contributed by atoms with E-state index in [1.165, 1.54) is 11.3 Å². The number of ether oxygens (including phenoxy) is 1. The van der Waals surface area contributed by atoms with Crippen molar-refractivity contribution in [3.05, 3.63) is 47.1 Å². The topological polar surface area (TPSA) is 84.4 Å². The van der Waals surface area contributed by atoms with E-state index in [4.69, 9.17) is 16.3 Å². The number of carbonyl (C=O) groups excluding carboxylic acids is 2. The van der Waals surface area contributed by atoms with Crippen molar-refractivity contribution < 1.29 is 14.3 Å². The molecule has 29 heavy (non-hydrogen) atoms. The van der Waals surface area contributed by atoms with Crippen LogP contribution in [-0.2, 0) is 9.59 Å². The number of nitrogens with one attached hydrogen (secondary N) is 1. The first-order valence-electron chi connectivity index (χ1n) is 9.26. The summed E-state index contributed by atoms with van der Waals surface area (Å²) in [4.78, 5) is 35.2. The van der Waals surface area contributed by atoms with Gasteiger partial charge in [0.05, 0.1) is 10.9 Å². The second kappa shape index (κ2) is 8.75. The van der Waals surface area contributed by atoms with Crippen molar-refractivity contribution in [1.29, 1.82) is 0 Å². The van der Waals surface area contributed by atoms with Crippen LogP contribution in [0.5, 0.6) is 5.75 Å². The number of rotatable bonds is 5. The molecule has 2 amide bonds. The minimum atomic E-state index is -0.255. The number of hydrogen-bond donors (Lipinski definition) is 1. The molecular formula is C20H19ClN4O3S. The number of aromatic nitrogens is 2. The molecule has 0 saturated carbocycles. The summed E-state index contributed by atoms with van der Waals surface area (Å²) in [6.45, 7) is 0.871. The number of carbonyl (C=O) groups is 2. The van der Waals surface area contributed by atoms with Gasteiger partial charge in [0.2, 0.25) is 5.91 Å². The Morgan fingerprint density at radius 3 is 3.00 bits per heavy atom. The number of nitrogens with zero attached hydrogens (tertiary/aromatic N) is 3. The fourth-order valence-electron chi connectivity index (χ4n) is 3.37. The molecule has 1 saturated heterocycles. The Bertz CT molecular complexity index is 1030. The van der Waals surface area contributed by atoms with Gasteiger partial charge in [0.1, 0.15) is 11.3 Å². The van der Waals surface area contributed by atoms with Gasteiger partial charge in [0.15, 0.2) is 11.7 Å². The third-order valence-electron chi connectivity index (χ3n) is 4.84. The molecule has 1 fully saturated rings. The summed E-state index contributed by atoms with van der Waals surface area (Å²) < 4.78 is 5.75. The Kier molecular flexibility index (Phi) is 5.92. The smallest absolute Gasteiger partial charge is 0.260 e. The molecule has 0 bridgehead atoms. The summed E-state index contributed by atoms with van der Waals surface area (Å²) in [6, 6.07) is 7.10. The van der Waals surface area contributed by atoms with Crippen LogP contribution in [0.4, 0.5) is 5.13 Å². The van der Waals surface area contributed by atoms with Crippen molar-refractivity contribution in [3.8, 4) is 5.75 Å². The Morgan fingerprint density at radius 1 is 1.28 bits per heavy atom. The normalized spacial score (nSPS) is 16.6. The molecule has 3 heterocycles. The zero-order valence-corrected chi connectivity index (χ0v) is 17.1. The molecule has 0 aliphatic carbocycles. The lowest BCUT2D eigenvalue weighted by atomic mass is 9.97. The second-order valence-electron chi connectivity index (χ2n) is 6.74. The monoisotopic (exact) mass is 430 g/mol. The SMILES string of the molecule is O=C(Nc1nccs1)C1CCCN(C(=O)COc2ccc(Cl)c3cccnc23)C1. The Hall–Kier alpha value is -2.71. The van der Waals surface area contributed by atoms with E-state index in [-0.39, 0.29) is 24.3 Å². The first kappa shape index (κ1) is 19.6. The predicted molar refractivity (Wildman–Crippen MR) is 112 cm³/mol. The molecule has 0 spiro atoms. The molecule has 1 aliphatic heterocycles. The summed E-state index contributed by atoms with van der Waals surface area (Å²) in [6.07, 6.45) is 4.81. The summed E-state index contributed by atoms with van der Waals surface area (Å²) >= 11 is 7.57. The number of hydrogen-bond acceptors (Lipinski definition) is 6. The van der Waals surface area contributed by atoms with Gasteiger partial charge in [0, 0.05) is 36.2 Å². The molecule has 1 atom stereocenters. The summed E-state index contributed by atoms with van der Waals surface area (Å²) in [7, 11) is 0. The van der Waals surface area contributed by atoms with Crippen molar-refractivity contribution in [1.82, 2.24) is 14.9 Å². The number of anilines is 1. The number of thiazole rings is 1. The highest BCUT2D eigenvalue weighted by atomic mass is 35.5. The van der Waals surface area contributed by atoms with E-state index in [0.29, 0.717) is 34.5 Å². The van der Waals surface area contributed by atoms with E-state index in [1.54, 1.807) is 40.9 Å². The molecular weight excluding hydrogens is 412 g/mol. The highest BCUT2D eigenvalue weighted by Gasteiger charge is 2.29. The van der Waals surface area contributed by atoms with E-state index < -0.39 is 0 Å². The lowest BCUT2D eigenvalue weighted by molar-refractivity contribution is -0.136. The highest BCUT2D eigenvalue weighted by Crippen LogP contribution is 2.29. The van der Waals surface area contributed by atoms with Gasteiger partial charge in [-0.25, -0.2) is 4.98 Å². The fraction of sp³-hybridized carbons (Fsp3) is 0.300. The number of piperidine rings is 1. The van der Waals surface area contributed by atoms with E-state index in [0.717, 1.165) is 18.2 Å². The van der Waals surface area contributed by atoms with Crippen LogP contribution in [0.15, 0.2) is 42.0 Å². The van der Waals surface area contributed by atoms with Crippen molar-refractivity contribution in [2.24, 2.45) is 5.92 Å². The van der Waals surface area contributed by atoms with Crippen molar-refractivity contribution in [2.75, 3.05) is 25.0 Å². The minimum Gasteiger partial charge on any atom is -0.481 e. The largest absolute Gasteiger partial charge is 0.481 e. The maximum absolute atomic E-state index is 12.7. The van der Waals surface area contributed by atoms with Gasteiger partial charge in [-0.1, -0.05) is 11.6 Å².